The van der Waals surface area contributed by atoms with Gasteiger partial charge in [-0.3, -0.25) is 4.79 Å². The molecular weight excluding hydrogens is 400 g/mol. The number of nitrogens with zero attached hydrogens (tertiary/aromatic N) is 1. The van der Waals surface area contributed by atoms with Crippen LogP contribution < -0.4 is 5.32 Å². The molecular formula is C23H32N2O4S. The van der Waals surface area contributed by atoms with Crippen molar-refractivity contribution in [1.29, 1.82) is 0 Å². The van der Waals surface area contributed by atoms with Gasteiger partial charge in [-0.15, -0.1) is 0 Å². The van der Waals surface area contributed by atoms with Gasteiger partial charge >= 0.3 is 0 Å². The number of carbonyl (C=O) groups is 1. The molecule has 0 aromatic heterocycles. The van der Waals surface area contributed by atoms with Crippen molar-refractivity contribution in [2.75, 3.05) is 19.7 Å². The quantitative estimate of drug-likeness (QED) is 0.748. The predicted molar refractivity (Wildman–Crippen MR) is 113 cm³/mol. The molecule has 2 atom stereocenters. The van der Waals surface area contributed by atoms with Gasteiger partial charge in [0.05, 0.1) is 4.90 Å². The molecule has 6 rings (SSSR count). The maximum absolute atomic E-state index is 13.0. The Bertz CT molecular complexity index is 879. The van der Waals surface area contributed by atoms with Crippen LogP contribution >= 0.6 is 0 Å². The van der Waals surface area contributed by atoms with Gasteiger partial charge in [0, 0.05) is 31.7 Å². The molecule has 4 saturated carbocycles. The Morgan fingerprint density at radius 1 is 1.07 bits per heavy atom. The minimum absolute atomic E-state index is 0.0993. The van der Waals surface area contributed by atoms with Crippen molar-refractivity contribution in [2.24, 2.45) is 29.1 Å². The number of aliphatic hydroxyl groups is 1. The fourth-order valence-electron chi connectivity index (χ4n) is 7.00. The van der Waals surface area contributed by atoms with Crippen LogP contribution in [0.25, 0.3) is 0 Å². The number of carbonyl (C=O) groups excluding carboxylic acids is 1. The zero-order valence-corrected chi connectivity index (χ0v) is 18.2. The van der Waals surface area contributed by atoms with Crippen LogP contribution in [-0.4, -0.2) is 49.5 Å². The fourth-order valence-corrected chi connectivity index (χ4v) is 8.49. The molecule has 7 heteroatoms. The lowest BCUT2D eigenvalue weighted by Crippen LogP contribution is -2.60. The molecule has 1 heterocycles. The maximum atomic E-state index is 13.0. The Labute approximate surface area is 179 Å². The lowest BCUT2D eigenvalue weighted by Gasteiger charge is -2.59. The molecule has 2 unspecified atom stereocenters. The first-order valence-electron chi connectivity index (χ1n) is 11.4. The van der Waals surface area contributed by atoms with E-state index in [1.54, 1.807) is 24.3 Å². The van der Waals surface area contributed by atoms with Crippen LogP contribution in [0.1, 0.15) is 44.9 Å². The third-order valence-corrected chi connectivity index (χ3v) is 10.2. The van der Waals surface area contributed by atoms with Gasteiger partial charge in [-0.05, 0) is 80.2 Å². The summed E-state index contributed by atoms with van der Waals surface area (Å²) < 4.78 is 27.1. The van der Waals surface area contributed by atoms with Crippen LogP contribution in [-0.2, 0) is 14.8 Å². The molecule has 1 aliphatic heterocycles. The minimum atomic E-state index is -3.48. The molecule has 0 radical (unpaired) electrons. The van der Waals surface area contributed by atoms with Crippen LogP contribution in [0, 0.1) is 29.1 Å². The van der Waals surface area contributed by atoms with Crippen LogP contribution in [0.4, 0.5) is 0 Å². The average molecular weight is 433 g/mol. The van der Waals surface area contributed by atoms with Crippen molar-refractivity contribution in [3.8, 4) is 0 Å². The molecule has 6 nitrogen and oxygen atoms in total. The summed E-state index contributed by atoms with van der Waals surface area (Å²) in [4.78, 5) is 13.4. The molecule has 5 aliphatic rings. The first kappa shape index (κ1) is 20.5. The molecule has 4 bridgehead atoms. The van der Waals surface area contributed by atoms with Crippen LogP contribution in [0.3, 0.4) is 0 Å². The van der Waals surface area contributed by atoms with E-state index in [1.807, 2.05) is 6.07 Å². The van der Waals surface area contributed by atoms with Gasteiger partial charge < -0.3 is 10.4 Å². The molecule has 5 fully saturated rings. The smallest absolute Gasteiger partial charge is 0.243 e. The summed E-state index contributed by atoms with van der Waals surface area (Å²) >= 11 is 0. The highest BCUT2D eigenvalue weighted by atomic mass is 32.2. The highest BCUT2D eigenvalue weighted by Crippen LogP contribution is 2.59. The van der Waals surface area contributed by atoms with Gasteiger partial charge in [0.1, 0.15) is 0 Å². The molecule has 1 aromatic rings. The Hall–Kier alpha value is -1.44. The Morgan fingerprint density at radius 2 is 1.70 bits per heavy atom. The topological polar surface area (TPSA) is 86.7 Å². The van der Waals surface area contributed by atoms with E-state index in [9.17, 15) is 18.3 Å². The summed E-state index contributed by atoms with van der Waals surface area (Å²) in [5.74, 6) is 1.68. The normalized spacial score (nSPS) is 36.7. The molecule has 1 saturated heterocycles. The summed E-state index contributed by atoms with van der Waals surface area (Å²) in [7, 11) is -3.48. The highest BCUT2D eigenvalue weighted by Gasteiger charge is 2.55. The van der Waals surface area contributed by atoms with Gasteiger partial charge in [0.15, 0.2) is 0 Å². The Balaban J connectivity index is 1.19. The summed E-state index contributed by atoms with van der Waals surface area (Å²) in [6.45, 7) is 1.07. The lowest BCUT2D eigenvalue weighted by atomic mass is 9.48. The van der Waals surface area contributed by atoms with Crippen molar-refractivity contribution in [2.45, 2.75) is 55.9 Å². The number of benzene rings is 1. The summed E-state index contributed by atoms with van der Waals surface area (Å²) in [5.41, 5.74) is 0.106. The second kappa shape index (κ2) is 7.61. The molecule has 30 heavy (non-hydrogen) atoms. The molecule has 2 N–H and O–H groups in total. The second-order valence-electron chi connectivity index (χ2n) is 10.2. The van der Waals surface area contributed by atoms with E-state index in [0.29, 0.717) is 48.6 Å². The number of rotatable bonds is 5. The number of nitrogens with one attached hydrogen (secondary N) is 1. The van der Waals surface area contributed by atoms with Crippen molar-refractivity contribution >= 4 is 15.9 Å². The average Bonchev–Trinajstić information content (AvgIpc) is 2.76. The van der Waals surface area contributed by atoms with Crippen molar-refractivity contribution < 1.29 is 18.3 Å². The molecule has 0 spiro atoms. The summed E-state index contributed by atoms with van der Waals surface area (Å²) in [6.07, 6.45) is 6.73. The molecule has 4 aliphatic carbocycles. The van der Waals surface area contributed by atoms with Crippen LogP contribution in [0.2, 0.25) is 0 Å². The van der Waals surface area contributed by atoms with Gasteiger partial charge in [-0.2, -0.15) is 4.31 Å². The third-order valence-electron chi connectivity index (χ3n) is 8.25. The Morgan fingerprint density at radius 3 is 2.30 bits per heavy atom. The molecule has 1 amide bonds. The summed E-state index contributed by atoms with van der Waals surface area (Å²) in [6, 6.07) is 8.76. The number of piperidine rings is 1. The van der Waals surface area contributed by atoms with Gasteiger partial charge in [0.2, 0.25) is 15.9 Å². The zero-order chi connectivity index (χ0) is 20.9. The third kappa shape index (κ3) is 3.49. The van der Waals surface area contributed by atoms with Gasteiger partial charge in [-0.1, -0.05) is 18.2 Å². The lowest BCUT2D eigenvalue weighted by molar-refractivity contribution is -0.135. The van der Waals surface area contributed by atoms with Crippen LogP contribution in [0.15, 0.2) is 35.2 Å². The first-order chi connectivity index (χ1) is 14.4. The van der Waals surface area contributed by atoms with E-state index in [1.165, 1.54) is 17.1 Å². The summed E-state index contributed by atoms with van der Waals surface area (Å²) in [5, 5.41) is 13.3. The van der Waals surface area contributed by atoms with E-state index in [0.717, 1.165) is 19.3 Å². The van der Waals surface area contributed by atoms with Crippen molar-refractivity contribution in [3.05, 3.63) is 30.3 Å². The minimum Gasteiger partial charge on any atom is -0.396 e. The standard InChI is InChI=1S/C23H32N2O4S/c26-15-23-12-16-10-18(13-23)21(19(11-16)14-23)24-22(27)17-6-8-25(9-7-17)30(28,29)20-4-2-1-3-5-20/h1-5,16-19,21,26H,6-15H2,(H,24,27). The van der Waals surface area contributed by atoms with Crippen molar-refractivity contribution in [1.82, 2.24) is 9.62 Å². The van der Waals surface area contributed by atoms with Gasteiger partial charge in [-0.25, -0.2) is 8.42 Å². The second-order valence-corrected chi connectivity index (χ2v) is 12.1. The first-order valence-corrected chi connectivity index (χ1v) is 12.8. The maximum Gasteiger partial charge on any atom is 0.243 e. The number of amides is 1. The van der Waals surface area contributed by atoms with E-state index < -0.39 is 10.0 Å². The molecule has 164 valence electrons. The Kier molecular flexibility index (Phi) is 5.19. The van der Waals surface area contributed by atoms with E-state index in [-0.39, 0.29) is 29.9 Å². The number of sulfonamides is 1. The van der Waals surface area contributed by atoms with Gasteiger partial charge in [0.25, 0.3) is 0 Å². The number of hydrogen-bond donors (Lipinski definition) is 2. The predicted octanol–water partition coefficient (Wildman–Crippen LogP) is 2.39. The van der Waals surface area contributed by atoms with E-state index in [4.69, 9.17) is 0 Å². The molecule has 1 aromatic carbocycles. The van der Waals surface area contributed by atoms with E-state index in [2.05, 4.69) is 5.32 Å². The fraction of sp³-hybridized carbons (Fsp3) is 0.696. The highest BCUT2D eigenvalue weighted by molar-refractivity contribution is 7.89. The number of hydrogen-bond acceptors (Lipinski definition) is 4. The van der Waals surface area contributed by atoms with E-state index >= 15 is 0 Å². The SMILES string of the molecule is O=C(NC1C2CC3CC1CC(CO)(C3)C2)C1CCN(S(=O)(=O)c2ccccc2)CC1. The zero-order valence-electron chi connectivity index (χ0n) is 17.4. The van der Waals surface area contributed by atoms with Crippen LogP contribution in [0.5, 0.6) is 0 Å². The monoisotopic (exact) mass is 432 g/mol. The number of aliphatic hydroxyl groups excluding tert-OH is 1. The largest absolute Gasteiger partial charge is 0.396 e. The van der Waals surface area contributed by atoms with Crippen molar-refractivity contribution in [3.63, 3.8) is 0 Å².